The minimum atomic E-state index is -0.494. The number of carbonyl (C=O) groups is 2. The quantitative estimate of drug-likeness (QED) is 0.839. The highest BCUT2D eigenvalue weighted by Gasteiger charge is 2.19. The molecule has 0 atom stereocenters. The van der Waals surface area contributed by atoms with Gasteiger partial charge in [0.25, 0.3) is 5.91 Å². The summed E-state index contributed by atoms with van der Waals surface area (Å²) in [6.45, 7) is 0.488. The Morgan fingerprint density at radius 1 is 1.13 bits per heavy atom. The molecule has 2 rings (SSSR count). The average molecular weight is 379 g/mol. The predicted molar refractivity (Wildman–Crippen MR) is 89.1 cm³/mol. The minimum Gasteiger partial charge on any atom is -0.370 e. The number of carbonyl (C=O) groups excluding carboxylic acids is 2. The van der Waals surface area contributed by atoms with Crippen molar-refractivity contribution in [3.05, 3.63) is 69.9 Å². The zero-order chi connectivity index (χ0) is 16.8. The molecule has 0 unspecified atom stereocenters. The molecular formula is C17H16BrFN2O2. The molecule has 0 saturated carbocycles. The molecule has 0 aliphatic heterocycles. The summed E-state index contributed by atoms with van der Waals surface area (Å²) in [6.07, 6.45) is 0.0471. The molecule has 0 aromatic heterocycles. The van der Waals surface area contributed by atoms with Gasteiger partial charge in [-0.05, 0) is 39.7 Å². The van der Waals surface area contributed by atoms with E-state index in [9.17, 15) is 14.0 Å². The summed E-state index contributed by atoms with van der Waals surface area (Å²) in [5, 5.41) is 0. The van der Waals surface area contributed by atoms with Crippen molar-refractivity contribution in [2.45, 2.75) is 13.0 Å². The fourth-order valence-electron chi connectivity index (χ4n) is 2.13. The SMILES string of the molecule is NC(=O)CCN(Cc1ccccc1)C(=O)c1cc(F)ccc1Br. The van der Waals surface area contributed by atoms with Gasteiger partial charge in [0.2, 0.25) is 5.91 Å². The van der Waals surface area contributed by atoms with Gasteiger partial charge in [-0.15, -0.1) is 0 Å². The van der Waals surface area contributed by atoms with E-state index in [1.807, 2.05) is 30.3 Å². The highest BCUT2D eigenvalue weighted by molar-refractivity contribution is 9.10. The average Bonchev–Trinajstić information content (AvgIpc) is 2.54. The number of hydrogen-bond donors (Lipinski definition) is 1. The molecule has 2 aromatic carbocycles. The molecule has 0 aliphatic rings. The monoisotopic (exact) mass is 378 g/mol. The van der Waals surface area contributed by atoms with Gasteiger partial charge in [0.15, 0.2) is 0 Å². The lowest BCUT2D eigenvalue weighted by Crippen LogP contribution is -2.34. The van der Waals surface area contributed by atoms with Gasteiger partial charge in [-0.3, -0.25) is 9.59 Å². The lowest BCUT2D eigenvalue weighted by Gasteiger charge is -2.23. The number of nitrogens with two attached hydrogens (primary N) is 1. The number of hydrogen-bond acceptors (Lipinski definition) is 2. The molecule has 0 heterocycles. The van der Waals surface area contributed by atoms with Gasteiger partial charge in [0, 0.05) is 24.0 Å². The van der Waals surface area contributed by atoms with Crippen LogP contribution in [0.2, 0.25) is 0 Å². The third-order valence-electron chi connectivity index (χ3n) is 3.29. The van der Waals surface area contributed by atoms with Crippen LogP contribution in [0.3, 0.4) is 0 Å². The summed E-state index contributed by atoms with van der Waals surface area (Å²) in [5.74, 6) is -1.35. The van der Waals surface area contributed by atoms with Gasteiger partial charge in [0.05, 0.1) is 5.56 Å². The molecule has 4 nitrogen and oxygen atoms in total. The normalized spacial score (nSPS) is 10.3. The topological polar surface area (TPSA) is 63.4 Å². The van der Waals surface area contributed by atoms with Gasteiger partial charge >= 0.3 is 0 Å². The van der Waals surface area contributed by atoms with Crippen molar-refractivity contribution >= 4 is 27.7 Å². The Kier molecular flexibility index (Phi) is 5.87. The summed E-state index contributed by atoms with van der Waals surface area (Å²) in [6, 6.07) is 13.3. The van der Waals surface area contributed by atoms with Crippen LogP contribution in [-0.4, -0.2) is 23.3 Å². The summed E-state index contributed by atoms with van der Waals surface area (Å²) in [5.41, 5.74) is 6.31. The van der Waals surface area contributed by atoms with Crippen LogP contribution in [0.1, 0.15) is 22.3 Å². The second-order valence-corrected chi connectivity index (χ2v) is 5.91. The predicted octanol–water partition coefficient (Wildman–Crippen LogP) is 3.11. The molecule has 6 heteroatoms. The van der Waals surface area contributed by atoms with Gasteiger partial charge in [-0.2, -0.15) is 0 Å². The first-order valence-electron chi connectivity index (χ1n) is 7.04. The fraction of sp³-hybridized carbons (Fsp3) is 0.176. The highest BCUT2D eigenvalue weighted by atomic mass is 79.9. The van der Waals surface area contributed by atoms with E-state index < -0.39 is 11.7 Å². The standard InChI is InChI=1S/C17H16BrFN2O2/c18-15-7-6-13(19)10-14(15)17(23)21(9-8-16(20)22)11-12-4-2-1-3-5-12/h1-7,10H,8-9,11H2,(H2,20,22). The van der Waals surface area contributed by atoms with Gasteiger partial charge in [-0.25, -0.2) is 4.39 Å². The van der Waals surface area contributed by atoms with Crippen molar-refractivity contribution < 1.29 is 14.0 Å². The molecule has 0 radical (unpaired) electrons. The van der Waals surface area contributed by atoms with E-state index in [-0.39, 0.29) is 24.4 Å². The van der Waals surface area contributed by atoms with E-state index in [0.29, 0.717) is 11.0 Å². The summed E-state index contributed by atoms with van der Waals surface area (Å²) in [4.78, 5) is 25.2. The number of benzene rings is 2. The largest absolute Gasteiger partial charge is 0.370 e. The molecule has 23 heavy (non-hydrogen) atoms. The number of amides is 2. The number of primary amides is 1. The molecule has 0 fully saturated rings. The first-order valence-corrected chi connectivity index (χ1v) is 7.83. The Bertz CT molecular complexity index is 707. The van der Waals surface area contributed by atoms with Crippen molar-refractivity contribution in [2.75, 3.05) is 6.54 Å². The molecule has 2 aromatic rings. The summed E-state index contributed by atoms with van der Waals surface area (Å²) < 4.78 is 13.9. The van der Waals surface area contributed by atoms with E-state index in [1.165, 1.54) is 23.1 Å². The van der Waals surface area contributed by atoms with Crippen molar-refractivity contribution in [1.29, 1.82) is 0 Å². The van der Waals surface area contributed by atoms with Crippen molar-refractivity contribution in [3.8, 4) is 0 Å². The second kappa shape index (κ2) is 7.87. The Hall–Kier alpha value is -2.21. The zero-order valence-corrected chi connectivity index (χ0v) is 13.9. The Balaban J connectivity index is 2.26. The molecule has 2 N–H and O–H groups in total. The van der Waals surface area contributed by atoms with Crippen LogP contribution >= 0.6 is 15.9 Å². The number of rotatable bonds is 6. The first kappa shape index (κ1) is 17.1. The maximum Gasteiger partial charge on any atom is 0.255 e. The molecule has 120 valence electrons. The smallest absolute Gasteiger partial charge is 0.255 e. The van der Waals surface area contributed by atoms with E-state index in [4.69, 9.17) is 5.73 Å². The van der Waals surface area contributed by atoms with Crippen molar-refractivity contribution in [1.82, 2.24) is 4.90 Å². The van der Waals surface area contributed by atoms with E-state index in [0.717, 1.165) is 5.56 Å². The lowest BCUT2D eigenvalue weighted by molar-refractivity contribution is -0.118. The van der Waals surface area contributed by atoms with Crippen LogP contribution in [0.25, 0.3) is 0 Å². The summed E-state index contributed by atoms with van der Waals surface area (Å²) in [7, 11) is 0. The molecular weight excluding hydrogens is 363 g/mol. The Morgan fingerprint density at radius 2 is 1.83 bits per heavy atom. The van der Waals surface area contributed by atoms with E-state index >= 15 is 0 Å². The molecule has 0 aliphatic carbocycles. The van der Waals surface area contributed by atoms with Crippen molar-refractivity contribution in [2.24, 2.45) is 5.73 Å². The van der Waals surface area contributed by atoms with Gasteiger partial charge in [0.1, 0.15) is 5.82 Å². The van der Waals surface area contributed by atoms with Crippen LogP contribution in [0, 0.1) is 5.82 Å². The van der Waals surface area contributed by atoms with Crippen LogP contribution in [0.15, 0.2) is 53.0 Å². The Labute approximate surface area is 142 Å². The first-order chi connectivity index (χ1) is 11.0. The molecule has 0 bridgehead atoms. The highest BCUT2D eigenvalue weighted by Crippen LogP contribution is 2.21. The zero-order valence-electron chi connectivity index (χ0n) is 12.3. The third kappa shape index (κ3) is 4.89. The van der Waals surface area contributed by atoms with Crippen LogP contribution in [-0.2, 0) is 11.3 Å². The number of halogens is 2. The second-order valence-electron chi connectivity index (χ2n) is 5.05. The number of nitrogens with zero attached hydrogens (tertiary/aromatic N) is 1. The Morgan fingerprint density at radius 3 is 2.48 bits per heavy atom. The fourth-order valence-corrected chi connectivity index (χ4v) is 2.55. The molecule has 0 spiro atoms. The maximum absolute atomic E-state index is 13.4. The van der Waals surface area contributed by atoms with Crippen LogP contribution in [0.4, 0.5) is 4.39 Å². The van der Waals surface area contributed by atoms with Crippen molar-refractivity contribution in [3.63, 3.8) is 0 Å². The van der Waals surface area contributed by atoms with E-state index in [1.54, 1.807) is 0 Å². The molecule has 0 saturated heterocycles. The van der Waals surface area contributed by atoms with Crippen LogP contribution < -0.4 is 5.73 Å². The van der Waals surface area contributed by atoms with Gasteiger partial charge in [-0.1, -0.05) is 30.3 Å². The molecule has 2 amide bonds. The minimum absolute atomic E-state index is 0.0471. The van der Waals surface area contributed by atoms with Crippen LogP contribution in [0.5, 0.6) is 0 Å². The lowest BCUT2D eigenvalue weighted by atomic mass is 10.1. The van der Waals surface area contributed by atoms with Gasteiger partial charge < -0.3 is 10.6 Å². The third-order valence-corrected chi connectivity index (χ3v) is 3.98. The van der Waals surface area contributed by atoms with E-state index in [2.05, 4.69) is 15.9 Å². The maximum atomic E-state index is 13.4. The summed E-state index contributed by atoms with van der Waals surface area (Å²) >= 11 is 3.26.